The van der Waals surface area contributed by atoms with Gasteiger partial charge in [-0.2, -0.15) is 5.26 Å². The van der Waals surface area contributed by atoms with Crippen molar-refractivity contribution in [2.75, 3.05) is 0 Å². The predicted octanol–water partition coefficient (Wildman–Crippen LogP) is 7.32. The summed E-state index contributed by atoms with van der Waals surface area (Å²) in [6.45, 7) is 4.33. The number of carbonyl (C=O) groups is 1. The topological polar surface area (TPSA) is 108 Å². The molecule has 2 N–H and O–H groups in total. The van der Waals surface area contributed by atoms with Crippen molar-refractivity contribution in [2.24, 2.45) is 5.73 Å². The molecular weight excluding hydrogens is 528 g/mol. The zero-order valence-electron chi connectivity index (χ0n) is 23.2. The summed E-state index contributed by atoms with van der Waals surface area (Å²) in [5, 5.41) is 10.9. The van der Waals surface area contributed by atoms with E-state index in [1.807, 2.05) is 79.7 Å². The Morgan fingerprint density at radius 3 is 2.57 bits per heavy atom. The summed E-state index contributed by atoms with van der Waals surface area (Å²) in [4.78, 5) is 13.1. The number of hydrogen-bond donors (Lipinski definition) is 1. The molecule has 1 aromatic heterocycles. The largest absolute Gasteiger partial charge is 0.489 e. The number of esters is 1. The molecule has 1 unspecified atom stereocenters. The molecule has 2 heterocycles. The number of benzene rings is 4. The highest BCUT2D eigenvalue weighted by Crippen LogP contribution is 2.44. The van der Waals surface area contributed by atoms with Gasteiger partial charge in [0.25, 0.3) is 0 Å². The fraction of sp³-hybridized carbons (Fsp3) is 0.143. The molecular formula is C35H28N2O5. The average Bonchev–Trinajstić information content (AvgIpc) is 3.35. The van der Waals surface area contributed by atoms with Crippen LogP contribution in [0.15, 0.2) is 107 Å². The van der Waals surface area contributed by atoms with Crippen molar-refractivity contribution < 1.29 is 23.4 Å². The van der Waals surface area contributed by atoms with Crippen LogP contribution in [-0.4, -0.2) is 5.97 Å². The van der Waals surface area contributed by atoms with E-state index in [1.54, 1.807) is 18.2 Å². The lowest BCUT2D eigenvalue weighted by molar-refractivity contribution is 0.0702. The Morgan fingerprint density at radius 1 is 0.952 bits per heavy atom. The molecule has 0 bridgehead atoms. The summed E-state index contributed by atoms with van der Waals surface area (Å²) in [6.07, 6.45) is 0.882. The number of carbonyl (C=O) groups excluding carboxylic acids is 1. The quantitative estimate of drug-likeness (QED) is 0.165. The highest BCUT2D eigenvalue weighted by molar-refractivity contribution is 5.97. The number of ether oxygens (including phenoxy) is 3. The molecule has 1 aliphatic rings. The monoisotopic (exact) mass is 556 g/mol. The molecule has 5 aromatic rings. The van der Waals surface area contributed by atoms with Crippen molar-refractivity contribution in [3.05, 3.63) is 136 Å². The van der Waals surface area contributed by atoms with E-state index in [-0.39, 0.29) is 23.0 Å². The molecule has 42 heavy (non-hydrogen) atoms. The first kappa shape index (κ1) is 26.7. The first-order valence-corrected chi connectivity index (χ1v) is 13.7. The van der Waals surface area contributed by atoms with Crippen molar-refractivity contribution in [2.45, 2.75) is 32.8 Å². The molecule has 7 heteroatoms. The molecule has 0 aliphatic carbocycles. The van der Waals surface area contributed by atoms with Gasteiger partial charge in [0.05, 0.1) is 5.92 Å². The molecule has 0 fully saturated rings. The summed E-state index contributed by atoms with van der Waals surface area (Å²) >= 11 is 0. The fourth-order valence-corrected chi connectivity index (χ4v) is 5.20. The number of nitriles is 1. The molecule has 0 spiro atoms. The molecule has 1 atom stereocenters. The van der Waals surface area contributed by atoms with E-state index in [1.165, 1.54) is 0 Å². The van der Waals surface area contributed by atoms with Gasteiger partial charge in [-0.1, -0.05) is 61.5 Å². The molecule has 208 valence electrons. The maximum absolute atomic E-state index is 13.1. The summed E-state index contributed by atoms with van der Waals surface area (Å²) in [6, 6.07) is 30.6. The third-order valence-electron chi connectivity index (χ3n) is 7.44. The van der Waals surface area contributed by atoms with E-state index in [0.717, 1.165) is 34.1 Å². The number of hydrogen-bond acceptors (Lipinski definition) is 7. The number of fused-ring (bicyclic) bond motifs is 2. The van der Waals surface area contributed by atoms with Gasteiger partial charge in [0, 0.05) is 22.6 Å². The van der Waals surface area contributed by atoms with Gasteiger partial charge in [-0.05, 0) is 60.4 Å². The zero-order chi connectivity index (χ0) is 29.2. The van der Waals surface area contributed by atoms with Crippen molar-refractivity contribution in [1.82, 2.24) is 0 Å². The lowest BCUT2D eigenvalue weighted by Crippen LogP contribution is -2.21. The molecule has 0 radical (unpaired) electrons. The minimum absolute atomic E-state index is 0.00561. The minimum Gasteiger partial charge on any atom is -0.489 e. The predicted molar refractivity (Wildman–Crippen MR) is 158 cm³/mol. The van der Waals surface area contributed by atoms with E-state index in [2.05, 4.69) is 13.0 Å². The number of aryl methyl sites for hydroxylation is 2. The van der Waals surface area contributed by atoms with Gasteiger partial charge >= 0.3 is 5.97 Å². The van der Waals surface area contributed by atoms with Crippen LogP contribution in [0.3, 0.4) is 0 Å². The van der Waals surface area contributed by atoms with E-state index >= 15 is 0 Å². The van der Waals surface area contributed by atoms with Gasteiger partial charge in [0.2, 0.25) is 11.6 Å². The Balaban J connectivity index is 1.28. The molecule has 0 amide bonds. The summed E-state index contributed by atoms with van der Waals surface area (Å²) in [5.41, 5.74) is 11.6. The summed E-state index contributed by atoms with van der Waals surface area (Å²) in [5.74, 6) is 0.360. The second kappa shape index (κ2) is 11.2. The van der Waals surface area contributed by atoms with E-state index < -0.39 is 11.9 Å². The summed E-state index contributed by atoms with van der Waals surface area (Å²) < 4.78 is 23.4. The Hall–Kier alpha value is -5.48. The number of rotatable bonds is 7. The first-order valence-electron chi connectivity index (χ1n) is 13.7. The highest BCUT2D eigenvalue weighted by Gasteiger charge is 2.31. The maximum atomic E-state index is 13.1. The number of allylic oxidation sites excluding steroid dienone is 1. The van der Waals surface area contributed by atoms with Crippen molar-refractivity contribution in [1.29, 1.82) is 5.26 Å². The molecule has 0 saturated heterocycles. The third-order valence-corrected chi connectivity index (χ3v) is 7.44. The van der Waals surface area contributed by atoms with Gasteiger partial charge in [0.15, 0.2) is 0 Å². The van der Waals surface area contributed by atoms with Crippen LogP contribution in [0.4, 0.5) is 0 Å². The molecule has 6 rings (SSSR count). The Labute approximate surface area is 243 Å². The Kier molecular flexibility index (Phi) is 7.12. The second-order valence-electron chi connectivity index (χ2n) is 10.1. The van der Waals surface area contributed by atoms with Crippen LogP contribution >= 0.6 is 0 Å². The van der Waals surface area contributed by atoms with Crippen molar-refractivity contribution >= 4 is 16.9 Å². The lowest BCUT2D eigenvalue weighted by Gasteiger charge is -2.27. The lowest BCUT2D eigenvalue weighted by atomic mass is 9.83. The van der Waals surface area contributed by atoms with Crippen LogP contribution in [-0.2, 0) is 13.0 Å². The Bertz CT molecular complexity index is 1880. The first-order chi connectivity index (χ1) is 20.4. The van der Waals surface area contributed by atoms with Crippen LogP contribution in [0.1, 0.15) is 51.2 Å². The van der Waals surface area contributed by atoms with E-state index in [4.69, 9.17) is 24.4 Å². The average molecular weight is 557 g/mol. The van der Waals surface area contributed by atoms with Crippen molar-refractivity contribution in [3.8, 4) is 23.3 Å². The molecule has 0 saturated carbocycles. The van der Waals surface area contributed by atoms with Gasteiger partial charge in [-0.25, -0.2) is 4.79 Å². The van der Waals surface area contributed by atoms with E-state index in [0.29, 0.717) is 29.3 Å². The smallest absolute Gasteiger partial charge is 0.379 e. The number of nitrogens with zero attached hydrogens (tertiary/aromatic N) is 1. The van der Waals surface area contributed by atoms with Gasteiger partial charge in [-0.15, -0.1) is 0 Å². The maximum Gasteiger partial charge on any atom is 0.379 e. The van der Waals surface area contributed by atoms with Gasteiger partial charge in [-0.3, -0.25) is 0 Å². The van der Waals surface area contributed by atoms with Crippen LogP contribution < -0.4 is 19.9 Å². The van der Waals surface area contributed by atoms with Gasteiger partial charge < -0.3 is 24.4 Å². The van der Waals surface area contributed by atoms with Crippen LogP contribution in [0.5, 0.6) is 17.2 Å². The molecule has 1 aliphatic heterocycles. The normalized spacial score (nSPS) is 14.2. The van der Waals surface area contributed by atoms with Crippen LogP contribution in [0.25, 0.3) is 11.0 Å². The zero-order valence-corrected chi connectivity index (χ0v) is 23.2. The van der Waals surface area contributed by atoms with E-state index in [9.17, 15) is 10.1 Å². The Morgan fingerprint density at radius 2 is 1.79 bits per heavy atom. The molecule has 7 nitrogen and oxygen atoms in total. The molecule has 4 aromatic carbocycles. The second-order valence-corrected chi connectivity index (χ2v) is 10.1. The van der Waals surface area contributed by atoms with Crippen molar-refractivity contribution in [3.63, 3.8) is 0 Å². The minimum atomic E-state index is -0.612. The summed E-state index contributed by atoms with van der Waals surface area (Å²) in [7, 11) is 0. The fourth-order valence-electron chi connectivity index (χ4n) is 5.20. The van der Waals surface area contributed by atoms with Gasteiger partial charge in [0.1, 0.15) is 41.1 Å². The standard InChI is InChI=1S/C35H28N2O5/c1-3-22-12-15-30-28(16-22)21(2)33(41-30)35(38)40-26-13-14-27-31(18-26)42-34(37)29(19-36)32(27)24-10-7-11-25(17-24)39-20-23-8-5-4-6-9-23/h4-18,32H,3,20,37H2,1-2H3. The van der Waals surface area contributed by atoms with Crippen LogP contribution in [0, 0.1) is 18.3 Å². The number of furan rings is 1. The number of nitrogens with two attached hydrogens (primary N) is 1. The third kappa shape index (κ3) is 5.06. The van der Waals surface area contributed by atoms with Crippen LogP contribution in [0.2, 0.25) is 0 Å². The highest BCUT2D eigenvalue weighted by atomic mass is 16.5. The SMILES string of the molecule is CCc1ccc2oc(C(=O)Oc3ccc4c(c3)OC(N)=C(C#N)C4c3cccc(OCc4ccccc4)c3)c(C)c2c1.